The Morgan fingerprint density at radius 2 is 1.76 bits per heavy atom. The average molecular weight is 455 g/mol. The molecule has 0 aliphatic heterocycles. The number of carbonyl (C=O) groups is 3. The summed E-state index contributed by atoms with van der Waals surface area (Å²) in [7, 11) is 4.63. The lowest BCUT2D eigenvalue weighted by atomic mass is 10.1. The van der Waals surface area contributed by atoms with E-state index in [1.807, 2.05) is 6.92 Å². The molecule has 3 aromatic rings. The van der Waals surface area contributed by atoms with Crippen LogP contribution in [0.3, 0.4) is 0 Å². The number of aryl methyl sites for hydroxylation is 2. The lowest BCUT2D eigenvalue weighted by Crippen LogP contribution is -2.33. The second-order valence-corrected chi connectivity index (χ2v) is 7.08. The summed E-state index contributed by atoms with van der Waals surface area (Å²) in [5, 5.41) is 12.2. The second-order valence-electron chi connectivity index (χ2n) is 7.08. The van der Waals surface area contributed by atoms with Crippen molar-refractivity contribution in [2.75, 3.05) is 31.4 Å². The fourth-order valence-corrected chi connectivity index (χ4v) is 3.16. The van der Waals surface area contributed by atoms with Crippen LogP contribution in [0.5, 0.6) is 11.5 Å². The highest BCUT2D eigenvalue weighted by atomic mass is 16.5. The van der Waals surface area contributed by atoms with Gasteiger partial charge in [-0.3, -0.25) is 19.1 Å². The average Bonchev–Trinajstić information content (AvgIpc) is 3.42. The molecule has 3 rings (SSSR count). The van der Waals surface area contributed by atoms with Gasteiger partial charge in [-0.1, -0.05) is 0 Å². The zero-order valence-electron chi connectivity index (χ0n) is 18.9. The molecule has 0 aliphatic carbocycles. The van der Waals surface area contributed by atoms with Crippen LogP contribution in [0.1, 0.15) is 32.3 Å². The number of methoxy groups -OCH3 is 2. The number of carbonyl (C=O) groups excluding carboxylic acids is 3. The molecular weight excluding hydrogens is 430 g/mol. The number of nitrogens with one attached hydrogen (secondary N) is 3. The van der Waals surface area contributed by atoms with Crippen LogP contribution in [0.25, 0.3) is 0 Å². The molecule has 2 aromatic heterocycles. The predicted octanol–water partition coefficient (Wildman–Crippen LogP) is 2.27. The van der Waals surface area contributed by atoms with Gasteiger partial charge in [-0.2, -0.15) is 5.10 Å². The molecule has 0 unspecified atom stereocenters. The van der Waals surface area contributed by atoms with Crippen molar-refractivity contribution in [2.24, 2.45) is 7.05 Å². The number of furan rings is 1. The van der Waals surface area contributed by atoms with Gasteiger partial charge >= 0.3 is 0 Å². The van der Waals surface area contributed by atoms with E-state index in [4.69, 9.17) is 13.9 Å². The van der Waals surface area contributed by atoms with Gasteiger partial charge in [0, 0.05) is 13.1 Å². The van der Waals surface area contributed by atoms with Crippen LogP contribution >= 0.6 is 0 Å². The predicted molar refractivity (Wildman–Crippen MR) is 120 cm³/mol. The Kier molecular flexibility index (Phi) is 7.01. The summed E-state index contributed by atoms with van der Waals surface area (Å²) in [5.41, 5.74) is 2.28. The van der Waals surface area contributed by atoms with Gasteiger partial charge in [0.05, 0.1) is 55.4 Å². The number of aromatic nitrogens is 2. The van der Waals surface area contributed by atoms with E-state index < -0.39 is 17.7 Å². The highest BCUT2D eigenvalue weighted by molar-refractivity contribution is 6.09. The third-order valence-electron chi connectivity index (χ3n) is 4.94. The topological polar surface area (TPSA) is 137 Å². The van der Waals surface area contributed by atoms with Gasteiger partial charge in [0.1, 0.15) is 0 Å². The maximum Gasteiger partial charge on any atom is 0.291 e. The molecule has 0 saturated heterocycles. The standard InChI is InChI=1S/C22H25N5O6/c1-12-20(13(2)27(3)26-12)25-19(28)11-23-21(29)14-9-17(31-4)18(32-5)10-15(14)24-22(30)16-7-6-8-33-16/h6-10H,11H2,1-5H3,(H,23,29)(H,24,30)(H,25,28). The molecular formula is C22H25N5O6. The molecule has 11 heteroatoms. The fourth-order valence-electron chi connectivity index (χ4n) is 3.16. The zero-order valence-corrected chi connectivity index (χ0v) is 18.9. The first-order chi connectivity index (χ1) is 15.7. The summed E-state index contributed by atoms with van der Waals surface area (Å²) in [6.07, 6.45) is 1.36. The first-order valence-corrected chi connectivity index (χ1v) is 9.94. The van der Waals surface area contributed by atoms with Crippen LogP contribution in [0, 0.1) is 13.8 Å². The Morgan fingerprint density at radius 3 is 2.33 bits per heavy atom. The van der Waals surface area contributed by atoms with Crippen LogP contribution in [0.2, 0.25) is 0 Å². The van der Waals surface area contributed by atoms with E-state index in [1.165, 1.54) is 38.7 Å². The highest BCUT2D eigenvalue weighted by Crippen LogP contribution is 2.33. The SMILES string of the molecule is COc1cc(NC(=O)c2ccco2)c(C(=O)NCC(=O)Nc2c(C)nn(C)c2C)cc1OC. The molecule has 3 N–H and O–H groups in total. The first kappa shape index (κ1) is 23.4. The molecule has 0 aliphatic rings. The maximum absolute atomic E-state index is 12.9. The van der Waals surface area contributed by atoms with Crippen molar-refractivity contribution in [1.29, 1.82) is 0 Å². The number of anilines is 2. The van der Waals surface area contributed by atoms with Crippen LogP contribution in [0.15, 0.2) is 34.9 Å². The normalized spacial score (nSPS) is 10.5. The molecule has 0 fully saturated rings. The van der Waals surface area contributed by atoms with Gasteiger partial charge in [-0.05, 0) is 32.0 Å². The van der Waals surface area contributed by atoms with Gasteiger partial charge in [0.25, 0.3) is 11.8 Å². The van der Waals surface area contributed by atoms with Crippen molar-refractivity contribution in [3.63, 3.8) is 0 Å². The van der Waals surface area contributed by atoms with Crippen molar-refractivity contribution < 1.29 is 28.3 Å². The quantitative estimate of drug-likeness (QED) is 0.474. The molecule has 0 spiro atoms. The summed E-state index contributed by atoms with van der Waals surface area (Å²) in [6, 6.07) is 5.93. The molecule has 0 radical (unpaired) electrons. The van der Waals surface area contributed by atoms with Crippen molar-refractivity contribution in [2.45, 2.75) is 13.8 Å². The molecule has 0 saturated carbocycles. The van der Waals surface area contributed by atoms with Crippen molar-refractivity contribution in [3.05, 3.63) is 53.2 Å². The van der Waals surface area contributed by atoms with E-state index >= 15 is 0 Å². The van der Waals surface area contributed by atoms with E-state index in [0.717, 1.165) is 5.69 Å². The molecule has 174 valence electrons. The molecule has 0 atom stereocenters. The Morgan fingerprint density at radius 1 is 1.06 bits per heavy atom. The third kappa shape index (κ3) is 5.14. The first-order valence-electron chi connectivity index (χ1n) is 9.94. The number of nitrogens with zero attached hydrogens (tertiary/aromatic N) is 2. The number of hydrogen-bond donors (Lipinski definition) is 3. The monoisotopic (exact) mass is 455 g/mol. The summed E-state index contributed by atoms with van der Waals surface area (Å²) >= 11 is 0. The van der Waals surface area contributed by atoms with E-state index in [-0.39, 0.29) is 29.3 Å². The molecule has 0 bridgehead atoms. The van der Waals surface area contributed by atoms with Crippen LogP contribution in [-0.4, -0.2) is 48.3 Å². The maximum atomic E-state index is 12.9. The Balaban J connectivity index is 1.78. The van der Waals surface area contributed by atoms with Crippen molar-refractivity contribution >= 4 is 29.1 Å². The third-order valence-corrected chi connectivity index (χ3v) is 4.94. The minimum atomic E-state index is -0.597. The smallest absolute Gasteiger partial charge is 0.291 e. The van der Waals surface area contributed by atoms with Crippen molar-refractivity contribution in [3.8, 4) is 11.5 Å². The molecule has 1 aromatic carbocycles. The van der Waals surface area contributed by atoms with Gasteiger partial charge in [-0.25, -0.2) is 0 Å². The molecule has 2 heterocycles. The number of rotatable bonds is 8. The number of ether oxygens (including phenoxy) is 2. The van der Waals surface area contributed by atoms with Gasteiger partial charge < -0.3 is 29.8 Å². The van der Waals surface area contributed by atoms with E-state index in [1.54, 1.807) is 24.7 Å². The Hall–Kier alpha value is -4.28. The van der Waals surface area contributed by atoms with Gasteiger partial charge in [0.2, 0.25) is 5.91 Å². The Labute approximate surface area is 190 Å². The zero-order chi connectivity index (χ0) is 24.1. The van der Waals surface area contributed by atoms with Crippen LogP contribution < -0.4 is 25.4 Å². The lowest BCUT2D eigenvalue weighted by molar-refractivity contribution is -0.115. The van der Waals surface area contributed by atoms with Crippen molar-refractivity contribution in [1.82, 2.24) is 15.1 Å². The summed E-state index contributed by atoms with van der Waals surface area (Å²) in [5.74, 6) is -0.919. The fraction of sp³-hybridized carbons (Fsp3) is 0.273. The van der Waals surface area contributed by atoms with E-state index in [2.05, 4.69) is 21.0 Å². The Bertz CT molecular complexity index is 1180. The number of amides is 3. The largest absolute Gasteiger partial charge is 0.493 e. The summed E-state index contributed by atoms with van der Waals surface area (Å²) in [6.45, 7) is 3.30. The van der Waals surface area contributed by atoms with Crippen LogP contribution in [0.4, 0.5) is 11.4 Å². The number of hydrogen-bond acceptors (Lipinski definition) is 7. The molecule has 3 amide bonds. The van der Waals surface area contributed by atoms with Gasteiger partial charge in [0.15, 0.2) is 17.3 Å². The highest BCUT2D eigenvalue weighted by Gasteiger charge is 2.21. The van der Waals surface area contributed by atoms with Gasteiger partial charge in [-0.15, -0.1) is 0 Å². The van der Waals surface area contributed by atoms with Crippen LogP contribution in [-0.2, 0) is 11.8 Å². The summed E-state index contributed by atoms with van der Waals surface area (Å²) < 4.78 is 17.3. The molecule has 33 heavy (non-hydrogen) atoms. The minimum absolute atomic E-state index is 0.0673. The second kappa shape index (κ2) is 9.90. The molecule has 11 nitrogen and oxygen atoms in total. The van der Waals surface area contributed by atoms with E-state index in [0.29, 0.717) is 17.1 Å². The summed E-state index contributed by atoms with van der Waals surface area (Å²) in [4.78, 5) is 37.8. The minimum Gasteiger partial charge on any atom is -0.493 e. The number of benzene rings is 1. The lowest BCUT2D eigenvalue weighted by Gasteiger charge is -2.15. The van der Waals surface area contributed by atoms with E-state index in [9.17, 15) is 14.4 Å².